The lowest BCUT2D eigenvalue weighted by atomic mass is 9.89. The van der Waals surface area contributed by atoms with E-state index in [2.05, 4.69) is 13.0 Å². The van der Waals surface area contributed by atoms with Crippen LogP contribution in [-0.4, -0.2) is 19.3 Å². The van der Waals surface area contributed by atoms with Crippen molar-refractivity contribution >= 4 is 0 Å². The van der Waals surface area contributed by atoms with Gasteiger partial charge in [-0.3, -0.25) is 0 Å². The Morgan fingerprint density at radius 1 is 1.10 bits per heavy atom. The Hall–Kier alpha value is -1.53. The van der Waals surface area contributed by atoms with Gasteiger partial charge in [0.2, 0.25) is 0 Å². The molecule has 0 aromatic heterocycles. The van der Waals surface area contributed by atoms with Gasteiger partial charge in [0.15, 0.2) is 0 Å². The molecular formula is C17H23NO2. The number of nitriles is 1. The molecule has 0 bridgehead atoms. The fraction of sp³-hybridized carbons (Fsp3) is 0.588. The van der Waals surface area contributed by atoms with Gasteiger partial charge in [0.1, 0.15) is 12.4 Å². The molecule has 0 aliphatic heterocycles. The summed E-state index contributed by atoms with van der Waals surface area (Å²) in [6.07, 6.45) is 5.81. The molecule has 0 saturated heterocycles. The second kappa shape index (κ2) is 7.91. The van der Waals surface area contributed by atoms with Gasteiger partial charge in [-0.25, -0.2) is 0 Å². The van der Waals surface area contributed by atoms with Crippen LogP contribution in [0.5, 0.6) is 5.75 Å². The molecule has 3 nitrogen and oxygen atoms in total. The van der Waals surface area contributed by atoms with E-state index in [9.17, 15) is 0 Å². The molecule has 2 rings (SSSR count). The first-order valence-electron chi connectivity index (χ1n) is 7.48. The summed E-state index contributed by atoms with van der Waals surface area (Å²) in [5.41, 5.74) is 1.02. The molecule has 3 heteroatoms. The van der Waals surface area contributed by atoms with Crippen LogP contribution >= 0.6 is 0 Å². The summed E-state index contributed by atoms with van der Waals surface area (Å²) in [7, 11) is 0. The van der Waals surface area contributed by atoms with Crippen LogP contribution in [-0.2, 0) is 11.2 Å². The van der Waals surface area contributed by atoms with E-state index >= 15 is 0 Å². The third kappa shape index (κ3) is 4.86. The largest absolute Gasteiger partial charge is 0.491 e. The molecule has 0 heterocycles. The molecule has 0 atom stereocenters. The van der Waals surface area contributed by atoms with Crippen molar-refractivity contribution < 1.29 is 9.47 Å². The second-order valence-electron chi connectivity index (χ2n) is 5.58. The van der Waals surface area contributed by atoms with Gasteiger partial charge in [-0.2, -0.15) is 5.26 Å². The summed E-state index contributed by atoms with van der Waals surface area (Å²) < 4.78 is 11.5. The average molecular weight is 273 g/mol. The highest BCUT2D eigenvalue weighted by Crippen LogP contribution is 2.25. The highest BCUT2D eigenvalue weighted by atomic mass is 16.5. The van der Waals surface area contributed by atoms with E-state index in [1.165, 1.54) is 25.7 Å². The fourth-order valence-corrected chi connectivity index (χ4v) is 2.57. The normalized spacial score (nSPS) is 22.2. The van der Waals surface area contributed by atoms with Gasteiger partial charge in [-0.05, 0) is 49.3 Å². The molecule has 0 amide bonds. The number of hydrogen-bond acceptors (Lipinski definition) is 3. The smallest absolute Gasteiger partial charge is 0.119 e. The van der Waals surface area contributed by atoms with Crippen LogP contribution in [0, 0.1) is 17.2 Å². The van der Waals surface area contributed by atoms with Crippen molar-refractivity contribution in [1.29, 1.82) is 5.26 Å². The van der Waals surface area contributed by atoms with E-state index < -0.39 is 0 Å². The molecule has 0 radical (unpaired) electrons. The van der Waals surface area contributed by atoms with Crippen molar-refractivity contribution in [3.8, 4) is 11.8 Å². The van der Waals surface area contributed by atoms with Gasteiger partial charge in [0, 0.05) is 0 Å². The molecule has 108 valence electrons. The minimum absolute atomic E-state index is 0.424. The van der Waals surface area contributed by atoms with Gasteiger partial charge in [-0.15, -0.1) is 0 Å². The van der Waals surface area contributed by atoms with E-state index in [4.69, 9.17) is 14.7 Å². The van der Waals surface area contributed by atoms with Crippen molar-refractivity contribution in [3.63, 3.8) is 0 Å². The number of benzene rings is 1. The molecular weight excluding hydrogens is 250 g/mol. The van der Waals surface area contributed by atoms with E-state index in [-0.39, 0.29) is 0 Å². The molecule has 0 spiro atoms. The first-order valence-corrected chi connectivity index (χ1v) is 7.48. The van der Waals surface area contributed by atoms with E-state index in [0.717, 1.165) is 17.2 Å². The summed E-state index contributed by atoms with van der Waals surface area (Å²) >= 11 is 0. The lowest BCUT2D eigenvalue weighted by molar-refractivity contribution is 0.00570. The SMILES string of the molecule is CC1CCC(OCCOc2ccc(CC#N)cc2)CC1. The molecule has 1 aliphatic carbocycles. The van der Waals surface area contributed by atoms with Crippen molar-refractivity contribution in [2.75, 3.05) is 13.2 Å². The third-order valence-electron chi connectivity index (χ3n) is 3.88. The monoisotopic (exact) mass is 273 g/mol. The van der Waals surface area contributed by atoms with Crippen molar-refractivity contribution in [3.05, 3.63) is 29.8 Å². The molecule has 1 saturated carbocycles. The van der Waals surface area contributed by atoms with Gasteiger partial charge in [-0.1, -0.05) is 19.1 Å². The molecule has 20 heavy (non-hydrogen) atoms. The van der Waals surface area contributed by atoms with Crippen LogP contribution in [0.4, 0.5) is 0 Å². The summed E-state index contributed by atoms with van der Waals surface area (Å²) in [4.78, 5) is 0. The Bertz CT molecular complexity index is 427. The zero-order chi connectivity index (χ0) is 14.2. The van der Waals surface area contributed by atoms with Crippen molar-refractivity contribution in [2.24, 2.45) is 5.92 Å². The van der Waals surface area contributed by atoms with Crippen LogP contribution in [0.2, 0.25) is 0 Å². The molecule has 1 aromatic carbocycles. The van der Waals surface area contributed by atoms with Gasteiger partial charge < -0.3 is 9.47 Å². The lowest BCUT2D eigenvalue weighted by Crippen LogP contribution is -2.22. The van der Waals surface area contributed by atoms with Crippen LogP contribution in [0.3, 0.4) is 0 Å². The van der Waals surface area contributed by atoms with E-state index in [1.54, 1.807) is 0 Å². The first kappa shape index (κ1) is 14.9. The molecule has 1 aromatic rings. The minimum Gasteiger partial charge on any atom is -0.491 e. The lowest BCUT2D eigenvalue weighted by Gasteiger charge is -2.26. The predicted molar refractivity (Wildman–Crippen MR) is 78.6 cm³/mol. The molecule has 0 N–H and O–H groups in total. The maximum atomic E-state index is 8.60. The van der Waals surface area contributed by atoms with Crippen LogP contribution in [0.25, 0.3) is 0 Å². The summed E-state index contributed by atoms with van der Waals surface area (Å²) in [5, 5.41) is 8.60. The number of ether oxygens (including phenoxy) is 2. The number of nitrogens with zero attached hydrogens (tertiary/aromatic N) is 1. The standard InChI is InChI=1S/C17H23NO2/c1-14-2-6-16(7-3-14)19-12-13-20-17-8-4-15(5-9-17)10-11-18/h4-5,8-9,14,16H,2-3,6-7,10,12-13H2,1H3. The highest BCUT2D eigenvalue weighted by molar-refractivity contribution is 5.28. The van der Waals surface area contributed by atoms with Crippen LogP contribution in [0.1, 0.15) is 38.2 Å². The summed E-state index contributed by atoms with van der Waals surface area (Å²) in [6.45, 7) is 3.55. The first-order chi connectivity index (χ1) is 9.78. The average Bonchev–Trinajstić information content (AvgIpc) is 2.47. The topological polar surface area (TPSA) is 42.2 Å². The van der Waals surface area contributed by atoms with E-state index in [1.807, 2.05) is 24.3 Å². The quantitative estimate of drug-likeness (QED) is 0.742. The zero-order valence-electron chi connectivity index (χ0n) is 12.2. The highest BCUT2D eigenvalue weighted by Gasteiger charge is 2.18. The Kier molecular flexibility index (Phi) is 5.88. The maximum Gasteiger partial charge on any atom is 0.119 e. The van der Waals surface area contributed by atoms with Gasteiger partial charge in [0.05, 0.1) is 25.2 Å². The zero-order valence-corrected chi connectivity index (χ0v) is 12.2. The van der Waals surface area contributed by atoms with Gasteiger partial charge >= 0.3 is 0 Å². The Morgan fingerprint density at radius 3 is 2.45 bits per heavy atom. The number of rotatable bonds is 6. The van der Waals surface area contributed by atoms with Crippen molar-refractivity contribution in [1.82, 2.24) is 0 Å². The predicted octanol–water partition coefficient (Wildman–Crippen LogP) is 3.73. The molecule has 1 fully saturated rings. The van der Waals surface area contributed by atoms with Crippen molar-refractivity contribution in [2.45, 2.75) is 45.1 Å². The summed E-state index contributed by atoms with van der Waals surface area (Å²) in [5.74, 6) is 1.70. The second-order valence-corrected chi connectivity index (χ2v) is 5.58. The number of hydrogen-bond donors (Lipinski definition) is 0. The third-order valence-corrected chi connectivity index (χ3v) is 3.88. The molecule has 0 unspecified atom stereocenters. The minimum atomic E-state index is 0.424. The summed E-state index contributed by atoms with van der Waals surface area (Å²) in [6, 6.07) is 9.82. The van der Waals surface area contributed by atoms with Crippen LogP contribution < -0.4 is 4.74 Å². The Balaban J connectivity index is 1.62. The van der Waals surface area contributed by atoms with Crippen LogP contribution in [0.15, 0.2) is 24.3 Å². The Labute approximate surface area is 121 Å². The maximum absolute atomic E-state index is 8.60. The van der Waals surface area contributed by atoms with Gasteiger partial charge in [0.25, 0.3) is 0 Å². The van der Waals surface area contributed by atoms with E-state index in [0.29, 0.717) is 25.7 Å². The Morgan fingerprint density at radius 2 is 1.80 bits per heavy atom. The fourth-order valence-electron chi connectivity index (χ4n) is 2.57. The molecule has 1 aliphatic rings.